The maximum Gasteiger partial charge on any atom is 0.295 e. The molecule has 1 aromatic carbocycles. The van der Waals surface area contributed by atoms with Crippen molar-refractivity contribution in [1.29, 1.82) is 0 Å². The highest BCUT2D eigenvalue weighted by Gasteiger charge is 2.31. The zero-order valence-corrected chi connectivity index (χ0v) is 12.9. The van der Waals surface area contributed by atoms with Crippen LogP contribution in [-0.4, -0.2) is 41.9 Å². The number of likely N-dealkylation sites (tertiary alicyclic amines) is 1. The van der Waals surface area contributed by atoms with Gasteiger partial charge in [0, 0.05) is 32.1 Å². The molecule has 2 saturated heterocycles. The summed E-state index contributed by atoms with van der Waals surface area (Å²) in [5.74, 6) is -0.390. The molecule has 1 aromatic rings. The third kappa shape index (κ3) is 3.28. The number of nitro benzene ring substituents is 1. The van der Waals surface area contributed by atoms with Gasteiger partial charge in [0.15, 0.2) is 0 Å². The maximum atomic E-state index is 13.2. The van der Waals surface area contributed by atoms with E-state index in [1.165, 1.54) is 12.1 Å². The zero-order valence-electron chi connectivity index (χ0n) is 12.9. The van der Waals surface area contributed by atoms with Gasteiger partial charge in [0.25, 0.3) is 5.69 Å². The molecule has 2 heterocycles. The highest BCUT2D eigenvalue weighted by atomic mass is 19.1. The Hall–Kier alpha value is -2.18. The van der Waals surface area contributed by atoms with Crippen molar-refractivity contribution in [3.63, 3.8) is 0 Å². The molecular formula is C16H20FN3O3. The molecule has 0 spiro atoms. The lowest BCUT2D eigenvalue weighted by Crippen LogP contribution is -2.41. The van der Waals surface area contributed by atoms with Crippen LogP contribution in [0.4, 0.5) is 15.8 Å². The number of benzene rings is 1. The van der Waals surface area contributed by atoms with E-state index in [1.807, 2.05) is 9.80 Å². The van der Waals surface area contributed by atoms with E-state index >= 15 is 0 Å². The fourth-order valence-electron chi connectivity index (χ4n) is 3.47. The minimum absolute atomic E-state index is 0.00357. The molecule has 0 atom stereocenters. The van der Waals surface area contributed by atoms with Crippen LogP contribution in [0.5, 0.6) is 0 Å². The quantitative estimate of drug-likeness (QED) is 0.634. The third-order valence-corrected chi connectivity index (χ3v) is 4.74. The van der Waals surface area contributed by atoms with Crippen LogP contribution in [0, 0.1) is 21.8 Å². The Morgan fingerprint density at radius 2 is 1.83 bits per heavy atom. The molecular weight excluding hydrogens is 301 g/mol. The SMILES string of the molecule is O=C(C1CCN(c2ccc(F)cc2[N+](=O)[O-])CC1)N1CCCC1. The number of anilines is 1. The van der Waals surface area contributed by atoms with Gasteiger partial charge in [0.1, 0.15) is 11.5 Å². The first kappa shape index (κ1) is 15.7. The Kier molecular flexibility index (Phi) is 4.45. The number of carbonyl (C=O) groups is 1. The molecule has 0 N–H and O–H groups in total. The smallest absolute Gasteiger partial charge is 0.295 e. The molecule has 0 aliphatic carbocycles. The number of nitrogens with zero attached hydrogens (tertiary/aromatic N) is 3. The van der Waals surface area contributed by atoms with Crippen LogP contribution < -0.4 is 4.90 Å². The number of halogens is 1. The lowest BCUT2D eigenvalue weighted by atomic mass is 9.95. The molecule has 23 heavy (non-hydrogen) atoms. The Morgan fingerprint density at radius 3 is 2.43 bits per heavy atom. The number of amides is 1. The van der Waals surface area contributed by atoms with Crippen LogP contribution in [0.2, 0.25) is 0 Å². The van der Waals surface area contributed by atoms with Crippen molar-refractivity contribution >= 4 is 17.3 Å². The van der Waals surface area contributed by atoms with Crippen molar-refractivity contribution in [3.8, 4) is 0 Å². The second-order valence-corrected chi connectivity index (χ2v) is 6.18. The molecule has 0 radical (unpaired) electrons. The lowest BCUT2D eigenvalue weighted by Gasteiger charge is -2.34. The highest BCUT2D eigenvalue weighted by Crippen LogP contribution is 2.32. The van der Waals surface area contributed by atoms with Crippen LogP contribution >= 0.6 is 0 Å². The Morgan fingerprint density at radius 1 is 1.17 bits per heavy atom. The summed E-state index contributed by atoms with van der Waals surface area (Å²) < 4.78 is 13.2. The third-order valence-electron chi connectivity index (χ3n) is 4.74. The van der Waals surface area contributed by atoms with Gasteiger partial charge in [-0.1, -0.05) is 0 Å². The van der Waals surface area contributed by atoms with Gasteiger partial charge in [-0.2, -0.15) is 0 Å². The molecule has 0 bridgehead atoms. The van der Waals surface area contributed by atoms with E-state index in [2.05, 4.69) is 0 Å². The van der Waals surface area contributed by atoms with Gasteiger partial charge < -0.3 is 9.80 Å². The second-order valence-electron chi connectivity index (χ2n) is 6.18. The number of rotatable bonds is 3. The summed E-state index contributed by atoms with van der Waals surface area (Å²) in [5.41, 5.74) is 0.220. The van der Waals surface area contributed by atoms with Gasteiger partial charge in [-0.05, 0) is 37.8 Å². The van der Waals surface area contributed by atoms with Gasteiger partial charge in [-0.3, -0.25) is 14.9 Å². The zero-order chi connectivity index (χ0) is 16.4. The van der Waals surface area contributed by atoms with Crippen molar-refractivity contribution in [2.75, 3.05) is 31.1 Å². The van der Waals surface area contributed by atoms with Crippen LogP contribution in [0.15, 0.2) is 18.2 Å². The van der Waals surface area contributed by atoms with E-state index in [9.17, 15) is 19.3 Å². The normalized spacial score (nSPS) is 19.2. The molecule has 0 saturated carbocycles. The van der Waals surface area contributed by atoms with E-state index in [1.54, 1.807) is 0 Å². The molecule has 2 aliphatic rings. The molecule has 1 amide bonds. The molecule has 2 aliphatic heterocycles. The van der Waals surface area contributed by atoms with Crippen LogP contribution in [0.1, 0.15) is 25.7 Å². The standard InChI is InChI=1S/C16H20FN3O3/c17-13-3-4-14(15(11-13)20(22)23)18-9-5-12(6-10-18)16(21)19-7-1-2-8-19/h3-4,11-12H,1-2,5-10H2. The van der Waals surface area contributed by atoms with Gasteiger partial charge in [0.2, 0.25) is 5.91 Å². The predicted octanol–water partition coefficient (Wildman–Crippen LogP) is 2.57. The fraction of sp³-hybridized carbons (Fsp3) is 0.562. The molecule has 7 heteroatoms. The number of nitro groups is 1. The molecule has 6 nitrogen and oxygen atoms in total. The summed E-state index contributed by atoms with van der Waals surface area (Å²) in [7, 11) is 0. The lowest BCUT2D eigenvalue weighted by molar-refractivity contribution is -0.384. The topological polar surface area (TPSA) is 66.7 Å². The Bertz CT molecular complexity index is 609. The minimum Gasteiger partial charge on any atom is -0.366 e. The van der Waals surface area contributed by atoms with Gasteiger partial charge in [-0.15, -0.1) is 0 Å². The summed E-state index contributed by atoms with van der Waals surface area (Å²) in [4.78, 5) is 26.8. The number of hydrogen-bond acceptors (Lipinski definition) is 4. The minimum atomic E-state index is -0.612. The summed E-state index contributed by atoms with van der Waals surface area (Å²) >= 11 is 0. The number of piperidine rings is 1. The van der Waals surface area contributed by atoms with Crippen molar-refractivity contribution in [1.82, 2.24) is 4.90 Å². The van der Waals surface area contributed by atoms with E-state index in [0.29, 0.717) is 31.6 Å². The average molecular weight is 321 g/mol. The fourth-order valence-corrected chi connectivity index (χ4v) is 3.47. The predicted molar refractivity (Wildman–Crippen MR) is 83.8 cm³/mol. The van der Waals surface area contributed by atoms with Crippen molar-refractivity contribution in [2.45, 2.75) is 25.7 Å². The highest BCUT2D eigenvalue weighted by molar-refractivity contribution is 5.79. The van der Waals surface area contributed by atoms with Crippen molar-refractivity contribution in [3.05, 3.63) is 34.1 Å². The Balaban J connectivity index is 1.67. The van der Waals surface area contributed by atoms with Crippen LogP contribution in [0.3, 0.4) is 0 Å². The maximum absolute atomic E-state index is 13.2. The van der Waals surface area contributed by atoms with Gasteiger partial charge >= 0.3 is 0 Å². The molecule has 0 unspecified atom stereocenters. The van der Waals surface area contributed by atoms with Gasteiger partial charge in [0.05, 0.1) is 11.0 Å². The van der Waals surface area contributed by atoms with E-state index < -0.39 is 10.7 Å². The molecule has 3 rings (SSSR count). The number of carbonyl (C=O) groups excluding carboxylic acids is 1. The van der Waals surface area contributed by atoms with Crippen LogP contribution in [0.25, 0.3) is 0 Å². The summed E-state index contributed by atoms with van der Waals surface area (Å²) in [5, 5.41) is 11.1. The van der Waals surface area contributed by atoms with E-state index in [0.717, 1.165) is 32.0 Å². The van der Waals surface area contributed by atoms with Crippen molar-refractivity contribution < 1.29 is 14.1 Å². The average Bonchev–Trinajstić information content (AvgIpc) is 3.09. The first-order chi connectivity index (χ1) is 11.1. The molecule has 2 fully saturated rings. The van der Waals surface area contributed by atoms with Crippen molar-refractivity contribution in [2.24, 2.45) is 5.92 Å². The second kappa shape index (κ2) is 6.52. The molecule has 124 valence electrons. The largest absolute Gasteiger partial charge is 0.366 e. The summed E-state index contributed by atoms with van der Waals surface area (Å²) in [6, 6.07) is 3.65. The monoisotopic (exact) mass is 321 g/mol. The summed E-state index contributed by atoms with van der Waals surface area (Å²) in [6.07, 6.45) is 3.52. The van der Waals surface area contributed by atoms with E-state index in [4.69, 9.17) is 0 Å². The van der Waals surface area contributed by atoms with E-state index in [-0.39, 0.29) is 17.5 Å². The first-order valence-corrected chi connectivity index (χ1v) is 8.04. The summed E-state index contributed by atoms with van der Waals surface area (Å²) in [6.45, 7) is 2.86. The number of hydrogen-bond donors (Lipinski definition) is 0. The van der Waals surface area contributed by atoms with Crippen LogP contribution in [-0.2, 0) is 4.79 Å². The Labute approximate surface area is 134 Å². The molecule has 0 aromatic heterocycles. The first-order valence-electron chi connectivity index (χ1n) is 8.04. The van der Waals surface area contributed by atoms with Gasteiger partial charge in [-0.25, -0.2) is 4.39 Å².